The Labute approximate surface area is 186 Å². The summed E-state index contributed by atoms with van der Waals surface area (Å²) in [7, 11) is 0. The zero-order valence-electron chi connectivity index (χ0n) is 15.5. The minimum absolute atomic E-state index is 0.0573. The highest BCUT2D eigenvalue weighted by Gasteiger charge is 2.16. The molecule has 150 valence electrons. The van der Waals surface area contributed by atoms with Crippen molar-refractivity contribution in [3.8, 4) is 5.69 Å². The van der Waals surface area contributed by atoms with E-state index in [4.69, 9.17) is 23.2 Å². The quantitative estimate of drug-likeness (QED) is 0.322. The molecule has 0 spiro atoms. The van der Waals surface area contributed by atoms with Crippen molar-refractivity contribution in [1.82, 2.24) is 9.55 Å². The monoisotopic (exact) mass is 455 g/mol. The highest BCUT2D eigenvalue weighted by Crippen LogP contribution is 2.26. The summed E-state index contributed by atoms with van der Waals surface area (Å²) in [6, 6.07) is 21.0. The molecule has 0 aliphatic carbocycles. The van der Waals surface area contributed by atoms with Crippen molar-refractivity contribution < 1.29 is 4.79 Å². The van der Waals surface area contributed by atoms with E-state index in [0.29, 0.717) is 37.5 Å². The van der Waals surface area contributed by atoms with Gasteiger partial charge in [0.05, 0.1) is 27.4 Å². The lowest BCUT2D eigenvalue weighted by molar-refractivity contribution is -0.113. The van der Waals surface area contributed by atoms with Crippen LogP contribution in [0.4, 0.5) is 5.69 Å². The number of thioether (sulfide) groups is 1. The number of fused-ring (bicyclic) bond motifs is 1. The van der Waals surface area contributed by atoms with Gasteiger partial charge in [-0.1, -0.05) is 65.3 Å². The summed E-state index contributed by atoms with van der Waals surface area (Å²) in [5.41, 5.74) is 1.43. The first-order chi connectivity index (χ1) is 14.5. The third kappa shape index (κ3) is 4.36. The number of hydrogen-bond acceptors (Lipinski definition) is 4. The van der Waals surface area contributed by atoms with E-state index in [2.05, 4.69) is 10.3 Å². The summed E-state index contributed by atoms with van der Waals surface area (Å²) < 4.78 is 1.45. The Bertz CT molecular complexity index is 1310. The highest BCUT2D eigenvalue weighted by molar-refractivity contribution is 7.99. The average molecular weight is 456 g/mol. The summed E-state index contributed by atoms with van der Waals surface area (Å²) in [6.45, 7) is 0. The van der Waals surface area contributed by atoms with Gasteiger partial charge in [-0.3, -0.25) is 14.2 Å². The fraction of sp³-hybridized carbons (Fsp3) is 0.0455. The summed E-state index contributed by atoms with van der Waals surface area (Å²) in [4.78, 5) is 30.3. The third-order valence-corrected chi connectivity index (χ3v) is 5.77. The SMILES string of the molecule is O=C(CSc1nc2ccccc2c(=O)n1-c1ccccc1Cl)Nc1cccc(Cl)c1. The van der Waals surface area contributed by atoms with Gasteiger partial charge >= 0.3 is 0 Å². The summed E-state index contributed by atoms with van der Waals surface area (Å²) in [5, 5.41) is 4.60. The number of amides is 1. The van der Waals surface area contributed by atoms with Crippen LogP contribution in [0.5, 0.6) is 0 Å². The van der Waals surface area contributed by atoms with Crippen LogP contribution >= 0.6 is 35.0 Å². The van der Waals surface area contributed by atoms with Gasteiger partial charge in [0.2, 0.25) is 5.91 Å². The van der Waals surface area contributed by atoms with Gasteiger partial charge in [0.1, 0.15) is 0 Å². The van der Waals surface area contributed by atoms with Gasteiger partial charge in [-0.05, 0) is 42.5 Å². The lowest BCUT2D eigenvalue weighted by Gasteiger charge is -2.14. The summed E-state index contributed by atoms with van der Waals surface area (Å²) in [5.74, 6) is -0.183. The Balaban J connectivity index is 1.69. The van der Waals surface area contributed by atoms with Crippen molar-refractivity contribution >= 4 is 57.5 Å². The van der Waals surface area contributed by atoms with Crippen molar-refractivity contribution in [2.75, 3.05) is 11.1 Å². The largest absolute Gasteiger partial charge is 0.325 e. The molecule has 1 N–H and O–H groups in total. The first-order valence-electron chi connectivity index (χ1n) is 8.98. The second-order valence-corrected chi connectivity index (χ2v) is 8.14. The van der Waals surface area contributed by atoms with E-state index in [-0.39, 0.29) is 17.2 Å². The van der Waals surface area contributed by atoms with Gasteiger partial charge in [-0.25, -0.2) is 4.98 Å². The first-order valence-corrected chi connectivity index (χ1v) is 10.7. The lowest BCUT2D eigenvalue weighted by atomic mass is 10.2. The third-order valence-electron chi connectivity index (χ3n) is 4.28. The molecule has 4 rings (SSSR count). The number of nitrogens with one attached hydrogen (secondary N) is 1. The van der Waals surface area contributed by atoms with E-state index in [1.807, 2.05) is 6.07 Å². The van der Waals surface area contributed by atoms with Gasteiger partial charge in [-0.15, -0.1) is 0 Å². The van der Waals surface area contributed by atoms with Crippen molar-refractivity contribution in [2.45, 2.75) is 5.16 Å². The second-order valence-electron chi connectivity index (χ2n) is 6.35. The van der Waals surface area contributed by atoms with E-state index in [0.717, 1.165) is 11.8 Å². The molecule has 0 aliphatic heterocycles. The van der Waals surface area contributed by atoms with Crippen LogP contribution in [-0.2, 0) is 4.79 Å². The first kappa shape index (κ1) is 20.5. The van der Waals surface area contributed by atoms with Crippen molar-refractivity contribution in [3.05, 3.63) is 93.2 Å². The topological polar surface area (TPSA) is 64.0 Å². The Morgan fingerprint density at radius 3 is 2.57 bits per heavy atom. The van der Waals surface area contributed by atoms with Crippen molar-refractivity contribution in [3.63, 3.8) is 0 Å². The highest BCUT2D eigenvalue weighted by atomic mass is 35.5. The predicted octanol–water partition coefficient (Wildman–Crippen LogP) is 5.42. The fourth-order valence-electron chi connectivity index (χ4n) is 2.95. The van der Waals surface area contributed by atoms with Gasteiger partial charge in [0, 0.05) is 10.7 Å². The van der Waals surface area contributed by atoms with E-state index >= 15 is 0 Å². The van der Waals surface area contributed by atoms with E-state index in [1.54, 1.807) is 66.7 Å². The fourth-order valence-corrected chi connectivity index (χ4v) is 4.16. The Morgan fingerprint density at radius 2 is 1.77 bits per heavy atom. The van der Waals surface area contributed by atoms with Gasteiger partial charge in [-0.2, -0.15) is 0 Å². The Kier molecular flexibility index (Phi) is 6.08. The maximum Gasteiger partial charge on any atom is 0.266 e. The molecule has 1 aromatic heterocycles. The molecule has 3 aromatic carbocycles. The molecule has 0 fully saturated rings. The molecule has 0 atom stereocenters. The molecular formula is C22H15Cl2N3O2S. The molecule has 0 saturated heterocycles. The number of rotatable bonds is 5. The standard InChI is InChI=1S/C22H15Cl2N3O2S/c23-14-6-5-7-15(12-14)25-20(28)13-30-22-26-18-10-3-1-8-16(18)21(29)27(22)19-11-4-2-9-17(19)24/h1-12H,13H2,(H,25,28). The molecule has 0 radical (unpaired) electrons. The van der Waals surface area contributed by atoms with Crippen LogP contribution in [0.3, 0.4) is 0 Å². The Morgan fingerprint density at radius 1 is 1.00 bits per heavy atom. The maximum absolute atomic E-state index is 13.2. The van der Waals surface area contributed by atoms with Gasteiger partial charge in [0.15, 0.2) is 5.16 Å². The number of hydrogen-bond donors (Lipinski definition) is 1. The lowest BCUT2D eigenvalue weighted by Crippen LogP contribution is -2.23. The zero-order valence-corrected chi connectivity index (χ0v) is 17.8. The minimum Gasteiger partial charge on any atom is -0.325 e. The smallest absolute Gasteiger partial charge is 0.266 e. The number of aromatic nitrogens is 2. The molecule has 30 heavy (non-hydrogen) atoms. The van der Waals surface area contributed by atoms with Crippen molar-refractivity contribution in [2.24, 2.45) is 0 Å². The molecule has 0 bridgehead atoms. The van der Waals surface area contributed by atoms with Crippen LogP contribution < -0.4 is 10.9 Å². The average Bonchev–Trinajstić information content (AvgIpc) is 2.73. The molecule has 0 unspecified atom stereocenters. The number of carbonyl (C=O) groups is 1. The second kappa shape index (κ2) is 8.92. The van der Waals surface area contributed by atoms with Crippen molar-refractivity contribution in [1.29, 1.82) is 0 Å². The van der Waals surface area contributed by atoms with Crippen LogP contribution in [-0.4, -0.2) is 21.2 Å². The van der Waals surface area contributed by atoms with Crippen LogP contribution in [0, 0.1) is 0 Å². The zero-order chi connectivity index (χ0) is 21.1. The number of halogens is 2. The normalized spacial score (nSPS) is 10.9. The maximum atomic E-state index is 13.2. The molecule has 1 amide bonds. The molecular weight excluding hydrogens is 441 g/mol. The van der Waals surface area contributed by atoms with E-state index in [1.165, 1.54) is 4.57 Å². The molecule has 4 aromatic rings. The molecule has 0 aliphatic rings. The van der Waals surface area contributed by atoms with Crippen LogP contribution in [0.1, 0.15) is 0 Å². The van der Waals surface area contributed by atoms with Gasteiger partial charge in [0.25, 0.3) is 5.56 Å². The predicted molar refractivity (Wildman–Crippen MR) is 123 cm³/mol. The Hall–Kier alpha value is -2.80. The van der Waals surface area contributed by atoms with E-state index < -0.39 is 0 Å². The number of para-hydroxylation sites is 2. The van der Waals surface area contributed by atoms with Crippen LogP contribution in [0.15, 0.2) is 82.7 Å². The number of anilines is 1. The summed E-state index contributed by atoms with van der Waals surface area (Å²) in [6.07, 6.45) is 0. The number of benzene rings is 3. The molecule has 0 saturated carbocycles. The minimum atomic E-state index is -0.244. The van der Waals surface area contributed by atoms with Gasteiger partial charge < -0.3 is 5.32 Å². The number of carbonyl (C=O) groups excluding carboxylic acids is 1. The molecule has 1 heterocycles. The summed E-state index contributed by atoms with van der Waals surface area (Å²) >= 11 is 13.5. The van der Waals surface area contributed by atoms with Crippen LogP contribution in [0.25, 0.3) is 16.6 Å². The van der Waals surface area contributed by atoms with Crippen LogP contribution in [0.2, 0.25) is 10.0 Å². The molecule has 5 nitrogen and oxygen atoms in total. The number of nitrogens with zero attached hydrogens (tertiary/aromatic N) is 2. The molecule has 8 heteroatoms. The van der Waals surface area contributed by atoms with E-state index in [9.17, 15) is 9.59 Å².